The zero-order valence-corrected chi connectivity index (χ0v) is 19.5. The second-order valence-corrected chi connectivity index (χ2v) is 8.81. The van der Waals surface area contributed by atoms with Gasteiger partial charge in [-0.1, -0.05) is 91.0 Å². The van der Waals surface area contributed by atoms with Crippen molar-refractivity contribution in [3.05, 3.63) is 135 Å². The summed E-state index contributed by atoms with van der Waals surface area (Å²) in [5.74, 6) is 0.210. The van der Waals surface area contributed by atoms with Crippen LogP contribution in [-0.4, -0.2) is 32.0 Å². The Morgan fingerprint density at radius 1 is 0.857 bits per heavy atom. The third-order valence-corrected chi connectivity index (χ3v) is 6.59. The zero-order valence-electron chi connectivity index (χ0n) is 19.5. The van der Waals surface area contributed by atoms with E-state index < -0.39 is 6.10 Å². The molecule has 1 aliphatic rings. The molecule has 0 fully saturated rings. The number of rotatable bonds is 5. The number of hydrogen-bond donors (Lipinski definition) is 1. The molecular weight excluding hydrogens is 438 g/mol. The third kappa shape index (κ3) is 4.40. The number of aryl methyl sites for hydroxylation is 1. The monoisotopic (exact) mass is 465 g/mol. The number of aliphatic hydroxyl groups is 1. The summed E-state index contributed by atoms with van der Waals surface area (Å²) in [6.07, 6.45) is -0.842. The third-order valence-electron chi connectivity index (χ3n) is 6.59. The molecule has 2 heterocycles. The van der Waals surface area contributed by atoms with Crippen molar-refractivity contribution in [1.82, 2.24) is 14.5 Å². The van der Waals surface area contributed by atoms with Crippen molar-refractivity contribution in [2.75, 3.05) is 6.54 Å². The fourth-order valence-corrected chi connectivity index (χ4v) is 4.83. The molecule has 176 valence electrons. The molecule has 1 atom stereocenters. The molecule has 1 aliphatic heterocycles. The maximum Gasteiger partial charge on any atom is 0.257 e. The Hall–Kier alpha value is -4.03. The standard InChI is InChI=1S/C29H27N3O3/c1-20-30-25-19-31(29(35)27(33)23-15-9-4-10-16-23)18-17-24(25)28(34)32(20)26(21-11-5-2-6-12-21)22-13-7-3-8-14-22/h2-16,26-27,33H,17-19H2,1H3. The van der Waals surface area contributed by atoms with Crippen molar-refractivity contribution in [3.63, 3.8) is 0 Å². The molecule has 0 spiro atoms. The molecule has 6 nitrogen and oxygen atoms in total. The van der Waals surface area contributed by atoms with Crippen LogP contribution in [0.3, 0.4) is 0 Å². The molecule has 3 aromatic carbocycles. The summed E-state index contributed by atoms with van der Waals surface area (Å²) < 4.78 is 1.76. The summed E-state index contributed by atoms with van der Waals surface area (Å²) in [7, 11) is 0. The summed E-state index contributed by atoms with van der Waals surface area (Å²) in [6.45, 7) is 2.40. The van der Waals surface area contributed by atoms with Crippen molar-refractivity contribution in [2.24, 2.45) is 0 Å². The topological polar surface area (TPSA) is 75.4 Å². The van der Waals surface area contributed by atoms with E-state index in [2.05, 4.69) is 0 Å². The number of aliphatic hydroxyl groups excluding tert-OH is 1. The number of benzene rings is 3. The Labute approximate surface area is 204 Å². The van der Waals surface area contributed by atoms with E-state index in [-0.39, 0.29) is 24.1 Å². The van der Waals surface area contributed by atoms with E-state index in [1.165, 1.54) is 0 Å². The van der Waals surface area contributed by atoms with E-state index in [9.17, 15) is 14.7 Å². The van der Waals surface area contributed by atoms with Gasteiger partial charge in [0.25, 0.3) is 11.5 Å². The van der Waals surface area contributed by atoms with E-state index in [0.29, 0.717) is 35.6 Å². The summed E-state index contributed by atoms with van der Waals surface area (Å²) in [5, 5.41) is 10.6. The van der Waals surface area contributed by atoms with Crippen molar-refractivity contribution in [3.8, 4) is 0 Å². The number of carbonyl (C=O) groups excluding carboxylic acids is 1. The molecule has 35 heavy (non-hydrogen) atoms. The van der Waals surface area contributed by atoms with Crippen molar-refractivity contribution in [2.45, 2.75) is 32.0 Å². The maximum atomic E-state index is 13.8. The highest BCUT2D eigenvalue weighted by molar-refractivity contribution is 5.82. The molecule has 6 heteroatoms. The highest BCUT2D eigenvalue weighted by Gasteiger charge is 2.31. The van der Waals surface area contributed by atoms with Crippen LogP contribution >= 0.6 is 0 Å². The summed E-state index contributed by atoms with van der Waals surface area (Å²) in [4.78, 5) is 33.2. The number of aromatic nitrogens is 2. The van der Waals surface area contributed by atoms with Crippen LogP contribution in [0.1, 0.15) is 45.9 Å². The van der Waals surface area contributed by atoms with Crippen molar-refractivity contribution in [1.29, 1.82) is 0 Å². The Kier molecular flexibility index (Phi) is 6.29. The van der Waals surface area contributed by atoms with Gasteiger partial charge in [0, 0.05) is 12.1 Å². The lowest BCUT2D eigenvalue weighted by molar-refractivity contribution is -0.141. The minimum Gasteiger partial charge on any atom is -0.378 e. The van der Waals surface area contributed by atoms with E-state index in [1.54, 1.807) is 33.7 Å². The van der Waals surface area contributed by atoms with Gasteiger partial charge in [0.15, 0.2) is 6.10 Å². The van der Waals surface area contributed by atoms with E-state index >= 15 is 0 Å². The lowest BCUT2D eigenvalue weighted by Crippen LogP contribution is -2.43. The van der Waals surface area contributed by atoms with Gasteiger partial charge in [0.1, 0.15) is 5.82 Å². The summed E-state index contributed by atoms with van der Waals surface area (Å²) in [6, 6.07) is 28.5. The van der Waals surface area contributed by atoms with Gasteiger partial charge in [0.05, 0.1) is 18.3 Å². The van der Waals surface area contributed by atoms with Crippen LogP contribution in [0.15, 0.2) is 95.8 Å². The molecule has 1 unspecified atom stereocenters. The molecule has 0 radical (unpaired) electrons. The number of amides is 1. The van der Waals surface area contributed by atoms with E-state index in [0.717, 1.165) is 11.1 Å². The minimum absolute atomic E-state index is 0.0825. The van der Waals surface area contributed by atoms with Crippen molar-refractivity contribution < 1.29 is 9.90 Å². The van der Waals surface area contributed by atoms with Crippen molar-refractivity contribution >= 4 is 5.91 Å². The highest BCUT2D eigenvalue weighted by atomic mass is 16.3. The number of carbonyl (C=O) groups is 1. The molecule has 0 aliphatic carbocycles. The lowest BCUT2D eigenvalue weighted by atomic mass is 9.97. The Bertz CT molecular complexity index is 1350. The molecule has 1 N–H and O–H groups in total. The van der Waals surface area contributed by atoms with Gasteiger partial charge in [-0.2, -0.15) is 0 Å². The smallest absolute Gasteiger partial charge is 0.257 e. The first-order chi connectivity index (χ1) is 17.0. The molecule has 0 saturated heterocycles. The maximum absolute atomic E-state index is 13.8. The normalized spacial score (nSPS) is 14.0. The van der Waals surface area contributed by atoms with Gasteiger partial charge < -0.3 is 10.0 Å². The Morgan fingerprint density at radius 2 is 1.37 bits per heavy atom. The first-order valence-corrected chi connectivity index (χ1v) is 11.8. The lowest BCUT2D eigenvalue weighted by Gasteiger charge is -2.31. The average Bonchev–Trinajstić information content (AvgIpc) is 2.91. The van der Waals surface area contributed by atoms with Gasteiger partial charge in [-0.05, 0) is 30.0 Å². The highest BCUT2D eigenvalue weighted by Crippen LogP contribution is 2.28. The Morgan fingerprint density at radius 3 is 1.91 bits per heavy atom. The number of fused-ring (bicyclic) bond motifs is 1. The van der Waals surface area contributed by atoms with Gasteiger partial charge in [0.2, 0.25) is 0 Å². The summed E-state index contributed by atoms with van der Waals surface area (Å²) in [5.41, 5.74) is 3.71. The van der Waals surface area contributed by atoms with Gasteiger partial charge in [-0.15, -0.1) is 0 Å². The first kappa shape index (κ1) is 22.7. The Balaban J connectivity index is 1.51. The fraction of sp³-hybridized carbons (Fsp3) is 0.207. The second-order valence-electron chi connectivity index (χ2n) is 8.81. The molecule has 0 bridgehead atoms. The molecule has 0 saturated carbocycles. The molecule has 5 rings (SSSR count). The van der Waals surface area contributed by atoms with Gasteiger partial charge >= 0.3 is 0 Å². The summed E-state index contributed by atoms with van der Waals surface area (Å²) >= 11 is 0. The number of nitrogens with zero attached hydrogens (tertiary/aromatic N) is 3. The van der Waals surface area contributed by atoms with Crippen LogP contribution < -0.4 is 5.56 Å². The number of hydrogen-bond acceptors (Lipinski definition) is 4. The second kappa shape index (κ2) is 9.68. The van der Waals surface area contributed by atoms with Crippen LogP contribution in [0.2, 0.25) is 0 Å². The zero-order chi connectivity index (χ0) is 24.4. The predicted molar refractivity (Wildman–Crippen MR) is 134 cm³/mol. The molecule has 4 aromatic rings. The van der Waals surface area contributed by atoms with Gasteiger partial charge in [-0.25, -0.2) is 4.98 Å². The van der Waals surface area contributed by atoms with Crippen LogP contribution in [0, 0.1) is 6.92 Å². The van der Waals surface area contributed by atoms with E-state index in [4.69, 9.17) is 4.98 Å². The van der Waals surface area contributed by atoms with Gasteiger partial charge in [-0.3, -0.25) is 14.2 Å². The predicted octanol–water partition coefficient (Wildman–Crippen LogP) is 3.81. The van der Waals surface area contributed by atoms with Crippen LogP contribution in [0.5, 0.6) is 0 Å². The molecule has 1 aromatic heterocycles. The quantitative estimate of drug-likeness (QED) is 0.486. The fourth-order valence-electron chi connectivity index (χ4n) is 4.83. The SMILES string of the molecule is Cc1nc2c(c(=O)n1C(c1ccccc1)c1ccccc1)CCN(C(=O)C(O)c1ccccc1)C2. The first-order valence-electron chi connectivity index (χ1n) is 11.8. The average molecular weight is 466 g/mol. The van der Waals surface area contributed by atoms with E-state index in [1.807, 2.05) is 73.7 Å². The molecular formula is C29H27N3O3. The minimum atomic E-state index is -1.24. The largest absolute Gasteiger partial charge is 0.378 e. The van der Waals surface area contributed by atoms with Crippen LogP contribution in [0.25, 0.3) is 0 Å². The molecule has 1 amide bonds. The van der Waals surface area contributed by atoms with Crippen LogP contribution in [0.4, 0.5) is 0 Å². The van der Waals surface area contributed by atoms with Crippen LogP contribution in [-0.2, 0) is 17.8 Å².